The first-order chi connectivity index (χ1) is 15.3. The highest BCUT2D eigenvalue weighted by atomic mass is 15.2. The third kappa shape index (κ3) is 11.7. The minimum Gasteiger partial charge on any atom is -0.300 e. The zero-order valence-corrected chi connectivity index (χ0v) is 21.1. The molecule has 0 radical (unpaired) electrons. The smallest absolute Gasteiger partial charge is 0.0446 e. The second-order valence-electron chi connectivity index (χ2n) is 9.95. The van der Waals surface area contributed by atoms with Crippen LogP contribution >= 0.6 is 0 Å². The van der Waals surface area contributed by atoms with Gasteiger partial charge in [-0.05, 0) is 90.3 Å². The van der Waals surface area contributed by atoms with Gasteiger partial charge in [0, 0.05) is 31.4 Å². The quantitative estimate of drug-likeness (QED) is 0.376. The molecule has 1 aliphatic carbocycles. The maximum atomic E-state index is 4.94. The Balaban J connectivity index is 1.91. The molecule has 0 aromatic heterocycles. The summed E-state index contributed by atoms with van der Waals surface area (Å²) in [6, 6.07) is 1.37. The van der Waals surface area contributed by atoms with Crippen LogP contribution in [0.2, 0.25) is 0 Å². The van der Waals surface area contributed by atoms with Gasteiger partial charge in [-0.15, -0.1) is 0 Å². The summed E-state index contributed by atoms with van der Waals surface area (Å²) >= 11 is 0. The number of allylic oxidation sites excluding steroid dienone is 2. The summed E-state index contributed by atoms with van der Waals surface area (Å²) in [6.07, 6.45) is 28.6. The highest BCUT2D eigenvalue weighted by Crippen LogP contribution is 2.21. The average Bonchev–Trinajstić information content (AvgIpc) is 2.88. The van der Waals surface area contributed by atoms with Gasteiger partial charge in [0.25, 0.3) is 0 Å². The molecule has 3 nitrogen and oxygen atoms in total. The number of nitrogens with zero attached hydrogens (tertiary/aromatic N) is 3. The highest BCUT2D eigenvalue weighted by Gasteiger charge is 2.20. The first kappa shape index (κ1) is 26.6. The van der Waals surface area contributed by atoms with Crippen LogP contribution in [0.3, 0.4) is 0 Å². The van der Waals surface area contributed by atoms with Crippen molar-refractivity contribution < 1.29 is 0 Å². The fourth-order valence-electron chi connectivity index (χ4n) is 5.26. The van der Waals surface area contributed by atoms with Crippen molar-refractivity contribution in [3.8, 4) is 0 Å². The molecule has 31 heavy (non-hydrogen) atoms. The molecule has 1 heterocycles. The summed E-state index contributed by atoms with van der Waals surface area (Å²) < 4.78 is 0. The normalized spacial score (nSPS) is 27.8. The molecule has 0 aromatic rings. The van der Waals surface area contributed by atoms with Crippen LogP contribution in [0.4, 0.5) is 0 Å². The topological polar surface area (TPSA) is 18.8 Å². The van der Waals surface area contributed by atoms with Gasteiger partial charge in [-0.3, -0.25) is 9.89 Å². The van der Waals surface area contributed by atoms with Gasteiger partial charge >= 0.3 is 0 Å². The molecule has 0 saturated carbocycles. The number of hydrogen-bond acceptors (Lipinski definition) is 3. The molecule has 0 fully saturated rings. The lowest BCUT2D eigenvalue weighted by Crippen LogP contribution is -2.38. The molecule has 0 N–H and O–H groups in total. The van der Waals surface area contributed by atoms with Crippen LogP contribution in [0.5, 0.6) is 0 Å². The molecule has 2 unspecified atom stereocenters. The molecule has 1 aliphatic heterocycles. The number of hydrogen-bond donors (Lipinski definition) is 0. The van der Waals surface area contributed by atoms with Crippen LogP contribution in [-0.2, 0) is 0 Å². The Hall–Kier alpha value is -0.670. The van der Waals surface area contributed by atoms with Crippen LogP contribution in [0.25, 0.3) is 0 Å². The van der Waals surface area contributed by atoms with Crippen molar-refractivity contribution in [3.63, 3.8) is 0 Å². The van der Waals surface area contributed by atoms with E-state index in [4.69, 9.17) is 4.99 Å². The Labute approximate surface area is 194 Å². The van der Waals surface area contributed by atoms with Crippen molar-refractivity contribution in [2.45, 2.75) is 129 Å². The molecule has 2 atom stereocenters. The Morgan fingerprint density at radius 1 is 0.774 bits per heavy atom. The van der Waals surface area contributed by atoms with E-state index in [0.717, 1.165) is 12.6 Å². The standard InChI is InChI=1S/C28H53N3/c1-3-5-22-31(23-6-4-2)28-20-15-16-24-30(25-17-21-29-26-28)27-18-13-11-9-7-8-10-12-14-19-27/h7,9,26-28H,3-6,8,10-25H2,1-2H3/b9-7-,29-26+. The summed E-state index contributed by atoms with van der Waals surface area (Å²) in [5.74, 6) is 0. The second kappa shape index (κ2) is 17.8. The molecule has 180 valence electrons. The zero-order valence-electron chi connectivity index (χ0n) is 21.1. The van der Waals surface area contributed by atoms with Gasteiger partial charge in [0.1, 0.15) is 0 Å². The third-order valence-corrected chi connectivity index (χ3v) is 7.27. The molecule has 2 aliphatic rings. The van der Waals surface area contributed by atoms with E-state index in [-0.39, 0.29) is 0 Å². The molecule has 0 saturated heterocycles. The van der Waals surface area contributed by atoms with E-state index in [1.165, 1.54) is 129 Å². The molecule has 0 aromatic carbocycles. The lowest BCUT2D eigenvalue weighted by Gasteiger charge is -2.32. The average molecular weight is 432 g/mol. The number of rotatable bonds is 8. The second-order valence-corrected chi connectivity index (χ2v) is 9.95. The SMILES string of the molecule is CCCCN(CCCC)C1/C=N/CCCN(C2CCC/C=C\CCCCC2)CCCC1. The van der Waals surface area contributed by atoms with E-state index in [9.17, 15) is 0 Å². The largest absolute Gasteiger partial charge is 0.300 e. The Bertz CT molecular complexity index is 465. The minimum atomic E-state index is 0.564. The number of aliphatic imine (C=N–C) groups is 1. The summed E-state index contributed by atoms with van der Waals surface area (Å²) in [6.45, 7) is 10.7. The summed E-state index contributed by atoms with van der Waals surface area (Å²) in [7, 11) is 0. The molecule has 2 rings (SSSR count). The first-order valence-corrected chi connectivity index (χ1v) is 14.0. The van der Waals surface area contributed by atoms with Gasteiger partial charge < -0.3 is 4.90 Å². The lowest BCUT2D eigenvalue weighted by molar-refractivity contribution is 0.165. The minimum absolute atomic E-state index is 0.564. The van der Waals surface area contributed by atoms with Crippen LogP contribution in [0, 0.1) is 0 Å². The Kier molecular flexibility index (Phi) is 15.3. The molecule has 0 amide bonds. The number of unbranched alkanes of at least 4 members (excludes halogenated alkanes) is 2. The van der Waals surface area contributed by atoms with Gasteiger partial charge in [-0.25, -0.2) is 0 Å². The van der Waals surface area contributed by atoms with Gasteiger partial charge in [-0.2, -0.15) is 0 Å². The van der Waals surface area contributed by atoms with Crippen molar-refractivity contribution in [2.24, 2.45) is 4.99 Å². The van der Waals surface area contributed by atoms with Crippen LogP contribution in [0.15, 0.2) is 17.1 Å². The van der Waals surface area contributed by atoms with Crippen LogP contribution in [0.1, 0.15) is 117 Å². The van der Waals surface area contributed by atoms with Crippen LogP contribution < -0.4 is 0 Å². The molecule has 0 bridgehead atoms. The van der Waals surface area contributed by atoms with E-state index in [0.29, 0.717) is 6.04 Å². The summed E-state index contributed by atoms with van der Waals surface area (Å²) in [5, 5.41) is 0. The maximum absolute atomic E-state index is 4.94. The molecule has 0 spiro atoms. The van der Waals surface area contributed by atoms with Crippen molar-refractivity contribution in [3.05, 3.63) is 12.2 Å². The van der Waals surface area contributed by atoms with E-state index >= 15 is 0 Å². The molecular weight excluding hydrogens is 378 g/mol. The zero-order chi connectivity index (χ0) is 22.0. The van der Waals surface area contributed by atoms with Crippen molar-refractivity contribution >= 4 is 6.21 Å². The third-order valence-electron chi connectivity index (χ3n) is 7.27. The van der Waals surface area contributed by atoms with E-state index in [1.807, 2.05) is 0 Å². The van der Waals surface area contributed by atoms with E-state index < -0.39 is 0 Å². The highest BCUT2D eigenvalue weighted by molar-refractivity contribution is 5.64. The van der Waals surface area contributed by atoms with E-state index in [2.05, 4.69) is 42.0 Å². The van der Waals surface area contributed by atoms with Gasteiger partial charge in [-0.1, -0.05) is 58.1 Å². The first-order valence-electron chi connectivity index (χ1n) is 14.0. The van der Waals surface area contributed by atoms with Crippen LogP contribution in [-0.4, -0.2) is 60.8 Å². The fourth-order valence-corrected chi connectivity index (χ4v) is 5.26. The lowest BCUT2D eigenvalue weighted by atomic mass is 10.00. The predicted molar refractivity (Wildman–Crippen MR) is 138 cm³/mol. The summed E-state index contributed by atoms with van der Waals surface area (Å²) in [4.78, 5) is 10.5. The van der Waals surface area contributed by atoms with Gasteiger partial charge in [0.05, 0.1) is 0 Å². The maximum Gasteiger partial charge on any atom is 0.0446 e. The summed E-state index contributed by atoms with van der Waals surface area (Å²) in [5.41, 5.74) is 0. The van der Waals surface area contributed by atoms with Gasteiger partial charge in [0.15, 0.2) is 0 Å². The molecule has 3 heteroatoms. The Morgan fingerprint density at radius 3 is 2.23 bits per heavy atom. The van der Waals surface area contributed by atoms with Gasteiger partial charge in [0.2, 0.25) is 0 Å². The van der Waals surface area contributed by atoms with E-state index in [1.54, 1.807) is 0 Å². The van der Waals surface area contributed by atoms with Crippen molar-refractivity contribution in [2.75, 3.05) is 32.7 Å². The monoisotopic (exact) mass is 431 g/mol. The fraction of sp³-hybridized carbons (Fsp3) is 0.893. The Morgan fingerprint density at radius 2 is 1.45 bits per heavy atom. The van der Waals surface area contributed by atoms with Crippen molar-refractivity contribution in [1.29, 1.82) is 0 Å². The predicted octanol–water partition coefficient (Wildman–Crippen LogP) is 7.26. The molecular formula is C28H53N3. The van der Waals surface area contributed by atoms with Crippen molar-refractivity contribution in [1.82, 2.24) is 9.80 Å².